The van der Waals surface area contributed by atoms with Crippen molar-refractivity contribution in [3.63, 3.8) is 0 Å². The van der Waals surface area contributed by atoms with Crippen molar-refractivity contribution in [3.05, 3.63) is 70.7 Å². The summed E-state index contributed by atoms with van der Waals surface area (Å²) in [6.07, 6.45) is 3.65. The number of benzene rings is 2. The maximum absolute atomic E-state index is 12.8. The van der Waals surface area contributed by atoms with Gasteiger partial charge in [-0.1, -0.05) is 66.9 Å². The number of hydrogen-bond acceptors (Lipinski definition) is 3. The summed E-state index contributed by atoms with van der Waals surface area (Å²) in [5.41, 5.74) is 1.22. The molecule has 1 saturated carbocycles. The van der Waals surface area contributed by atoms with Crippen molar-refractivity contribution in [3.8, 4) is 0 Å². The third-order valence-corrected chi connectivity index (χ3v) is 6.25. The second kappa shape index (κ2) is 7.99. The Morgan fingerprint density at radius 1 is 1.00 bits per heavy atom. The summed E-state index contributed by atoms with van der Waals surface area (Å²) in [5, 5.41) is 3.60. The van der Waals surface area contributed by atoms with Crippen LogP contribution in [0.3, 0.4) is 0 Å². The molecule has 2 aliphatic rings. The summed E-state index contributed by atoms with van der Waals surface area (Å²) < 4.78 is 0. The fourth-order valence-corrected chi connectivity index (χ4v) is 4.60. The topological polar surface area (TPSA) is 66.5 Å². The molecule has 2 fully saturated rings. The van der Waals surface area contributed by atoms with E-state index >= 15 is 0 Å². The minimum absolute atomic E-state index is 0.182. The molecule has 2 aromatic carbocycles. The Morgan fingerprint density at radius 2 is 1.62 bits per heavy atom. The maximum atomic E-state index is 12.8. The molecule has 1 aliphatic carbocycles. The van der Waals surface area contributed by atoms with E-state index in [0.717, 1.165) is 41.7 Å². The lowest BCUT2D eigenvalue weighted by atomic mass is 9.84. The van der Waals surface area contributed by atoms with Crippen LogP contribution in [0.1, 0.15) is 49.3 Å². The van der Waals surface area contributed by atoms with E-state index in [1.807, 2.05) is 42.5 Å². The van der Waals surface area contributed by atoms with Crippen LogP contribution in [0, 0.1) is 5.41 Å². The summed E-state index contributed by atoms with van der Waals surface area (Å²) in [6, 6.07) is 16.5. The van der Waals surface area contributed by atoms with Crippen molar-refractivity contribution >= 4 is 29.3 Å². The van der Waals surface area contributed by atoms with Gasteiger partial charge in [0, 0.05) is 11.4 Å². The van der Waals surface area contributed by atoms with Crippen LogP contribution in [0.2, 0.25) is 5.02 Å². The van der Waals surface area contributed by atoms with Gasteiger partial charge in [0.15, 0.2) is 0 Å². The summed E-state index contributed by atoms with van der Waals surface area (Å²) in [4.78, 5) is 39.3. The van der Waals surface area contributed by atoms with Crippen molar-refractivity contribution < 1.29 is 14.4 Å². The lowest BCUT2D eigenvalue weighted by Crippen LogP contribution is -2.43. The zero-order valence-corrected chi connectivity index (χ0v) is 16.8. The fraction of sp³-hybridized carbons (Fsp3) is 0.348. The number of rotatable bonds is 5. The highest BCUT2D eigenvalue weighted by Gasteiger charge is 2.52. The smallest absolute Gasteiger partial charge is 0.240 e. The number of halogens is 1. The summed E-state index contributed by atoms with van der Waals surface area (Å²) in [6.45, 7) is -0.240. The maximum Gasteiger partial charge on any atom is 0.240 e. The lowest BCUT2D eigenvalue weighted by Gasteiger charge is -2.23. The van der Waals surface area contributed by atoms with Gasteiger partial charge >= 0.3 is 0 Å². The average Bonchev–Trinajstić information content (AvgIpc) is 3.28. The molecule has 1 unspecified atom stereocenters. The summed E-state index contributed by atoms with van der Waals surface area (Å²) in [5.74, 6) is -0.779. The number of carbonyl (C=O) groups excluding carboxylic acids is 3. The first-order valence-corrected chi connectivity index (χ1v) is 10.3. The van der Waals surface area contributed by atoms with Gasteiger partial charge in [-0.2, -0.15) is 0 Å². The van der Waals surface area contributed by atoms with Crippen LogP contribution in [-0.2, 0) is 14.4 Å². The van der Waals surface area contributed by atoms with Crippen LogP contribution in [0.25, 0.3) is 0 Å². The molecule has 4 rings (SSSR count). The van der Waals surface area contributed by atoms with Crippen molar-refractivity contribution in [2.75, 3.05) is 6.54 Å². The normalized spacial score (nSPS) is 19.0. The van der Waals surface area contributed by atoms with Gasteiger partial charge in [-0.15, -0.1) is 0 Å². The van der Waals surface area contributed by atoms with Crippen molar-refractivity contribution in [1.82, 2.24) is 10.2 Å². The van der Waals surface area contributed by atoms with Crippen molar-refractivity contribution in [1.29, 1.82) is 0 Å². The van der Waals surface area contributed by atoms with Crippen molar-refractivity contribution in [2.45, 2.75) is 38.1 Å². The zero-order chi connectivity index (χ0) is 20.4. The average molecular weight is 411 g/mol. The Bertz CT molecular complexity index is 921. The van der Waals surface area contributed by atoms with Gasteiger partial charge in [0.25, 0.3) is 0 Å². The molecule has 3 amide bonds. The van der Waals surface area contributed by atoms with E-state index in [1.165, 1.54) is 0 Å². The second-order valence-corrected chi connectivity index (χ2v) is 8.35. The molecule has 1 aliphatic heterocycles. The molecule has 29 heavy (non-hydrogen) atoms. The Morgan fingerprint density at radius 3 is 2.28 bits per heavy atom. The quantitative estimate of drug-likeness (QED) is 0.761. The SMILES string of the molecule is O=C(CN1C(=O)CC2(CCCC2)C1=O)NC(c1ccccc1)c1ccc(Cl)cc1. The monoisotopic (exact) mass is 410 g/mol. The highest BCUT2D eigenvalue weighted by molar-refractivity contribution is 6.30. The van der Waals surface area contributed by atoms with Crippen LogP contribution < -0.4 is 5.32 Å². The van der Waals surface area contributed by atoms with Crippen LogP contribution in [0.4, 0.5) is 0 Å². The lowest BCUT2D eigenvalue weighted by molar-refractivity contribution is -0.144. The second-order valence-electron chi connectivity index (χ2n) is 7.91. The van der Waals surface area contributed by atoms with Gasteiger partial charge in [0.1, 0.15) is 6.54 Å². The number of nitrogens with zero attached hydrogens (tertiary/aromatic N) is 1. The van der Waals surface area contributed by atoms with Gasteiger partial charge in [-0.25, -0.2) is 0 Å². The number of likely N-dealkylation sites (tertiary alicyclic amines) is 1. The molecule has 6 heteroatoms. The van der Waals surface area contributed by atoms with E-state index in [1.54, 1.807) is 12.1 Å². The highest BCUT2D eigenvalue weighted by atomic mass is 35.5. The molecule has 0 radical (unpaired) electrons. The predicted octanol–water partition coefficient (Wildman–Crippen LogP) is 3.86. The van der Waals surface area contributed by atoms with Crippen LogP contribution in [-0.4, -0.2) is 29.2 Å². The van der Waals surface area contributed by atoms with Crippen LogP contribution in [0.5, 0.6) is 0 Å². The van der Waals surface area contributed by atoms with E-state index in [2.05, 4.69) is 5.32 Å². The molecule has 0 aromatic heterocycles. The minimum Gasteiger partial charge on any atom is -0.344 e. The van der Waals surface area contributed by atoms with Crippen LogP contribution >= 0.6 is 11.6 Å². The van der Waals surface area contributed by atoms with Gasteiger partial charge in [0.2, 0.25) is 17.7 Å². The fourth-order valence-electron chi connectivity index (χ4n) is 4.47. The van der Waals surface area contributed by atoms with E-state index in [4.69, 9.17) is 11.6 Å². The zero-order valence-electron chi connectivity index (χ0n) is 16.1. The van der Waals surface area contributed by atoms with E-state index in [9.17, 15) is 14.4 Å². The van der Waals surface area contributed by atoms with Crippen LogP contribution in [0.15, 0.2) is 54.6 Å². The highest BCUT2D eigenvalue weighted by Crippen LogP contribution is 2.46. The molecule has 1 heterocycles. The molecule has 1 saturated heterocycles. The van der Waals surface area contributed by atoms with E-state index in [0.29, 0.717) is 5.02 Å². The Hall–Kier alpha value is -2.66. The molecular formula is C23H23ClN2O3. The molecular weight excluding hydrogens is 388 g/mol. The third-order valence-electron chi connectivity index (χ3n) is 5.99. The summed E-state index contributed by atoms with van der Waals surface area (Å²) in [7, 11) is 0. The first-order chi connectivity index (χ1) is 14.0. The summed E-state index contributed by atoms with van der Waals surface area (Å²) >= 11 is 6.00. The first kappa shape index (κ1) is 19.6. The third kappa shape index (κ3) is 3.92. The molecule has 0 bridgehead atoms. The Balaban J connectivity index is 1.52. The van der Waals surface area contributed by atoms with E-state index < -0.39 is 11.5 Å². The number of amides is 3. The predicted molar refractivity (Wildman–Crippen MR) is 110 cm³/mol. The van der Waals surface area contributed by atoms with Gasteiger partial charge in [-0.3, -0.25) is 19.3 Å². The standard InChI is InChI=1S/C23H23ClN2O3/c24-18-10-8-17(9-11-18)21(16-6-2-1-3-7-16)25-19(27)15-26-20(28)14-23(22(26)29)12-4-5-13-23/h1-3,6-11,21H,4-5,12-15H2,(H,25,27). The molecule has 2 aromatic rings. The van der Waals surface area contributed by atoms with Gasteiger partial charge in [-0.05, 0) is 36.1 Å². The molecule has 1 atom stereocenters. The number of nitrogens with one attached hydrogen (secondary N) is 1. The molecule has 150 valence electrons. The number of carbonyl (C=O) groups is 3. The number of hydrogen-bond donors (Lipinski definition) is 1. The molecule has 5 nitrogen and oxygen atoms in total. The Kier molecular flexibility index (Phi) is 5.41. The molecule has 1 N–H and O–H groups in total. The number of imide groups is 1. The molecule has 1 spiro atoms. The largest absolute Gasteiger partial charge is 0.344 e. The first-order valence-electron chi connectivity index (χ1n) is 9.93. The van der Waals surface area contributed by atoms with Crippen molar-refractivity contribution in [2.24, 2.45) is 5.41 Å². The minimum atomic E-state index is -0.563. The van der Waals surface area contributed by atoms with Gasteiger partial charge < -0.3 is 5.32 Å². The van der Waals surface area contributed by atoms with Gasteiger partial charge in [0.05, 0.1) is 11.5 Å². The van der Waals surface area contributed by atoms with E-state index in [-0.39, 0.29) is 30.7 Å². The Labute approximate surface area is 175 Å².